The molecular formula is C25H29N5O5. The van der Waals surface area contributed by atoms with Gasteiger partial charge in [-0.25, -0.2) is 0 Å². The van der Waals surface area contributed by atoms with Crippen molar-refractivity contribution < 1.29 is 24.3 Å². The van der Waals surface area contributed by atoms with Crippen molar-refractivity contribution in [2.24, 2.45) is 5.73 Å². The molecule has 3 unspecified atom stereocenters. The Hall–Kier alpha value is -4.18. The second-order valence-electron chi connectivity index (χ2n) is 8.26. The summed E-state index contributed by atoms with van der Waals surface area (Å²) in [4.78, 5) is 51.9. The van der Waals surface area contributed by atoms with Gasteiger partial charge in [-0.1, -0.05) is 48.5 Å². The number of aromatic amines is 1. The molecule has 0 saturated heterocycles. The molecule has 0 spiro atoms. The predicted octanol–water partition coefficient (Wildman–Crippen LogP) is 0.471. The number of hydrogen-bond acceptors (Lipinski definition) is 5. The second kappa shape index (κ2) is 11.8. The van der Waals surface area contributed by atoms with Crippen LogP contribution in [0.5, 0.6) is 0 Å². The van der Waals surface area contributed by atoms with E-state index in [0.717, 1.165) is 22.0 Å². The van der Waals surface area contributed by atoms with Gasteiger partial charge in [0.15, 0.2) is 0 Å². The number of fused-ring (bicyclic) bond motifs is 1. The van der Waals surface area contributed by atoms with Gasteiger partial charge in [-0.05, 0) is 30.5 Å². The minimum atomic E-state index is -1.20. The first-order valence-electron chi connectivity index (χ1n) is 11.2. The molecule has 7 N–H and O–H groups in total. The van der Waals surface area contributed by atoms with Gasteiger partial charge in [0.25, 0.3) is 0 Å². The number of carboxylic acid groups (broad SMARTS) is 1. The summed E-state index contributed by atoms with van der Waals surface area (Å²) in [5, 5.41) is 17.1. The number of carbonyl (C=O) groups excluding carboxylic acids is 3. The SMILES string of the molecule is CC(NC(=O)C(Cc1c[nH]c2ccccc12)NC(=O)C(N)Cc1ccccc1)C(=O)NCC(=O)O. The molecule has 0 radical (unpaired) electrons. The average molecular weight is 480 g/mol. The smallest absolute Gasteiger partial charge is 0.322 e. The van der Waals surface area contributed by atoms with E-state index < -0.39 is 48.4 Å². The van der Waals surface area contributed by atoms with Crippen LogP contribution in [0.15, 0.2) is 60.8 Å². The van der Waals surface area contributed by atoms with Crippen molar-refractivity contribution >= 4 is 34.6 Å². The van der Waals surface area contributed by atoms with Crippen LogP contribution in [0, 0.1) is 0 Å². The number of nitrogens with one attached hydrogen (secondary N) is 4. The molecule has 0 aliphatic carbocycles. The third-order valence-corrected chi connectivity index (χ3v) is 5.53. The van der Waals surface area contributed by atoms with E-state index in [2.05, 4.69) is 20.9 Å². The zero-order chi connectivity index (χ0) is 25.4. The van der Waals surface area contributed by atoms with Crippen molar-refractivity contribution in [3.63, 3.8) is 0 Å². The molecule has 1 aromatic heterocycles. The summed E-state index contributed by atoms with van der Waals surface area (Å²) in [6, 6.07) is 13.9. The first-order chi connectivity index (χ1) is 16.7. The van der Waals surface area contributed by atoms with Gasteiger partial charge in [0, 0.05) is 23.5 Å². The van der Waals surface area contributed by atoms with Crippen molar-refractivity contribution in [3.05, 3.63) is 71.9 Å². The molecular weight excluding hydrogens is 450 g/mol. The number of benzene rings is 2. The Labute approximate surface area is 202 Å². The summed E-state index contributed by atoms with van der Waals surface area (Å²) < 4.78 is 0. The Kier molecular flexibility index (Phi) is 8.58. The van der Waals surface area contributed by atoms with Crippen LogP contribution in [-0.4, -0.2) is 58.5 Å². The molecule has 0 aliphatic heterocycles. The molecule has 184 valence electrons. The minimum Gasteiger partial charge on any atom is -0.480 e. The number of para-hydroxylation sites is 1. The lowest BCUT2D eigenvalue weighted by atomic mass is 10.0. The first kappa shape index (κ1) is 25.4. The quantitative estimate of drug-likeness (QED) is 0.234. The number of carboxylic acids is 1. The normalized spacial score (nSPS) is 13.4. The van der Waals surface area contributed by atoms with Gasteiger partial charge < -0.3 is 31.8 Å². The van der Waals surface area contributed by atoms with Crippen LogP contribution in [0.3, 0.4) is 0 Å². The third kappa shape index (κ3) is 7.15. The van der Waals surface area contributed by atoms with Crippen LogP contribution in [0.1, 0.15) is 18.1 Å². The monoisotopic (exact) mass is 479 g/mol. The number of aromatic nitrogens is 1. The van der Waals surface area contributed by atoms with Crippen molar-refractivity contribution in [2.75, 3.05) is 6.54 Å². The molecule has 0 saturated carbocycles. The van der Waals surface area contributed by atoms with Gasteiger partial charge in [-0.3, -0.25) is 19.2 Å². The van der Waals surface area contributed by atoms with E-state index in [1.165, 1.54) is 6.92 Å². The summed E-state index contributed by atoms with van der Waals surface area (Å²) in [6.45, 7) is 0.865. The summed E-state index contributed by atoms with van der Waals surface area (Å²) in [7, 11) is 0. The van der Waals surface area contributed by atoms with Crippen LogP contribution in [-0.2, 0) is 32.0 Å². The number of carbonyl (C=O) groups is 4. The lowest BCUT2D eigenvalue weighted by Crippen LogP contribution is -2.56. The molecule has 2 aromatic carbocycles. The molecule has 1 heterocycles. The van der Waals surface area contributed by atoms with Crippen molar-refractivity contribution in [2.45, 2.75) is 37.9 Å². The van der Waals surface area contributed by atoms with E-state index in [4.69, 9.17) is 10.8 Å². The minimum absolute atomic E-state index is 0.156. The molecule has 35 heavy (non-hydrogen) atoms. The molecule has 10 nitrogen and oxygen atoms in total. The highest BCUT2D eigenvalue weighted by Gasteiger charge is 2.27. The molecule has 0 bridgehead atoms. The first-order valence-corrected chi connectivity index (χ1v) is 11.2. The maximum atomic E-state index is 13.1. The van der Waals surface area contributed by atoms with Gasteiger partial charge in [-0.15, -0.1) is 0 Å². The van der Waals surface area contributed by atoms with Crippen LogP contribution >= 0.6 is 0 Å². The fourth-order valence-corrected chi connectivity index (χ4v) is 3.66. The molecule has 10 heteroatoms. The van der Waals surface area contributed by atoms with Crippen LogP contribution in [0.25, 0.3) is 10.9 Å². The number of hydrogen-bond donors (Lipinski definition) is 6. The van der Waals surface area contributed by atoms with Gasteiger partial charge in [0.1, 0.15) is 18.6 Å². The average Bonchev–Trinajstić information content (AvgIpc) is 3.25. The summed E-state index contributed by atoms with van der Waals surface area (Å²) in [5.74, 6) is -2.95. The highest BCUT2D eigenvalue weighted by molar-refractivity contribution is 5.94. The number of H-pyrrole nitrogens is 1. The Balaban J connectivity index is 1.74. The molecule has 3 aromatic rings. The largest absolute Gasteiger partial charge is 0.480 e. The van der Waals surface area contributed by atoms with Gasteiger partial charge >= 0.3 is 5.97 Å². The van der Waals surface area contributed by atoms with Crippen molar-refractivity contribution in [1.82, 2.24) is 20.9 Å². The second-order valence-corrected chi connectivity index (χ2v) is 8.26. The maximum Gasteiger partial charge on any atom is 0.322 e. The van der Waals surface area contributed by atoms with E-state index in [-0.39, 0.29) is 6.42 Å². The summed E-state index contributed by atoms with van der Waals surface area (Å²) in [5.41, 5.74) is 8.69. The van der Waals surface area contributed by atoms with Gasteiger partial charge in [0.2, 0.25) is 17.7 Å². The number of aliphatic carboxylic acids is 1. The lowest BCUT2D eigenvalue weighted by molar-refractivity contribution is -0.138. The van der Waals surface area contributed by atoms with Crippen molar-refractivity contribution in [3.8, 4) is 0 Å². The fraction of sp³-hybridized carbons (Fsp3) is 0.280. The number of nitrogens with two attached hydrogens (primary N) is 1. The maximum absolute atomic E-state index is 13.1. The standard InChI is InChI=1S/C25H29N5O5/c1-15(23(33)28-14-22(31)32)29-25(35)21(12-17-13-27-20-10-6-5-9-18(17)20)30-24(34)19(26)11-16-7-3-2-4-8-16/h2-10,13,15,19,21,27H,11-12,14,26H2,1H3,(H,28,33)(H,29,35)(H,30,34)(H,31,32). The Morgan fingerprint density at radius 3 is 2.31 bits per heavy atom. The topological polar surface area (TPSA) is 166 Å². The van der Waals surface area contributed by atoms with Crippen molar-refractivity contribution in [1.29, 1.82) is 0 Å². The van der Waals surface area contributed by atoms with E-state index in [0.29, 0.717) is 6.42 Å². The van der Waals surface area contributed by atoms with Crippen LogP contribution in [0.2, 0.25) is 0 Å². The molecule has 3 atom stereocenters. The predicted molar refractivity (Wildman–Crippen MR) is 130 cm³/mol. The highest BCUT2D eigenvalue weighted by Crippen LogP contribution is 2.19. The van der Waals surface area contributed by atoms with E-state index in [1.807, 2.05) is 54.6 Å². The zero-order valence-electron chi connectivity index (χ0n) is 19.3. The number of amides is 3. The van der Waals surface area contributed by atoms with E-state index in [1.54, 1.807) is 6.20 Å². The Morgan fingerprint density at radius 1 is 0.914 bits per heavy atom. The van der Waals surface area contributed by atoms with Crippen LogP contribution in [0.4, 0.5) is 0 Å². The Bertz CT molecular complexity index is 1190. The van der Waals surface area contributed by atoms with E-state index >= 15 is 0 Å². The van der Waals surface area contributed by atoms with Crippen LogP contribution < -0.4 is 21.7 Å². The Morgan fingerprint density at radius 2 is 1.60 bits per heavy atom. The number of rotatable bonds is 11. The lowest BCUT2D eigenvalue weighted by Gasteiger charge is -2.22. The molecule has 0 fully saturated rings. The van der Waals surface area contributed by atoms with Gasteiger partial charge in [-0.2, -0.15) is 0 Å². The van der Waals surface area contributed by atoms with E-state index in [9.17, 15) is 19.2 Å². The third-order valence-electron chi connectivity index (χ3n) is 5.53. The molecule has 3 amide bonds. The zero-order valence-corrected chi connectivity index (χ0v) is 19.3. The molecule has 3 rings (SSSR count). The molecule has 0 aliphatic rings. The summed E-state index contributed by atoms with van der Waals surface area (Å²) >= 11 is 0. The summed E-state index contributed by atoms with van der Waals surface area (Å²) in [6.07, 6.45) is 2.22. The highest BCUT2D eigenvalue weighted by atomic mass is 16.4. The fourth-order valence-electron chi connectivity index (χ4n) is 3.66. The van der Waals surface area contributed by atoms with Gasteiger partial charge in [0.05, 0.1) is 6.04 Å².